The van der Waals surface area contributed by atoms with E-state index >= 15 is 0 Å². The molecule has 7 aromatic rings. The SMILES string of the molecule is CC(C)c1ccc2c(-c3nc4ccccc4n3-c3c(C(C)C)cccc3C(C)C)[c-]sc2c1.[Ir].[c-]1ccccc1-c1ccccn1. The van der Waals surface area contributed by atoms with Crippen molar-refractivity contribution in [3.63, 3.8) is 0 Å². The quantitative estimate of drug-likeness (QED) is 0.157. The molecule has 0 saturated heterocycles. The van der Waals surface area contributed by atoms with Gasteiger partial charge in [0.2, 0.25) is 0 Å². The molecule has 0 N–H and O–H groups in total. The predicted molar refractivity (Wildman–Crippen MR) is 192 cm³/mol. The predicted octanol–water partition coefficient (Wildman–Crippen LogP) is 11.6. The van der Waals surface area contributed by atoms with Crippen LogP contribution in [0.2, 0.25) is 0 Å². The van der Waals surface area contributed by atoms with Gasteiger partial charge >= 0.3 is 0 Å². The van der Waals surface area contributed by atoms with Gasteiger partial charge in [0.05, 0.1) is 16.9 Å². The minimum Gasteiger partial charge on any atom is -0.333 e. The average Bonchev–Trinajstić information content (AvgIpc) is 3.66. The topological polar surface area (TPSA) is 30.7 Å². The van der Waals surface area contributed by atoms with Gasteiger partial charge in [-0.15, -0.1) is 47.3 Å². The molecule has 0 aliphatic heterocycles. The molecule has 0 bridgehead atoms. The fourth-order valence-corrected chi connectivity index (χ4v) is 6.67. The van der Waals surface area contributed by atoms with Crippen molar-refractivity contribution in [1.29, 1.82) is 0 Å². The molecule has 0 spiro atoms. The van der Waals surface area contributed by atoms with Gasteiger partial charge in [-0.1, -0.05) is 117 Å². The minimum absolute atomic E-state index is 0. The Morgan fingerprint density at radius 3 is 2.09 bits per heavy atom. The number of benzene rings is 4. The zero-order valence-electron chi connectivity index (χ0n) is 27.2. The number of aromatic nitrogens is 3. The maximum atomic E-state index is 5.18. The molecule has 235 valence electrons. The van der Waals surface area contributed by atoms with Crippen LogP contribution in [0.3, 0.4) is 0 Å². The molecule has 0 unspecified atom stereocenters. The van der Waals surface area contributed by atoms with Crippen molar-refractivity contribution in [3.05, 3.63) is 137 Å². The molecule has 1 radical (unpaired) electrons. The zero-order valence-corrected chi connectivity index (χ0v) is 30.4. The normalized spacial score (nSPS) is 11.2. The summed E-state index contributed by atoms with van der Waals surface area (Å²) in [5, 5.41) is 4.85. The molecule has 0 aliphatic carbocycles. The van der Waals surface area contributed by atoms with Crippen molar-refractivity contribution >= 4 is 32.5 Å². The van der Waals surface area contributed by atoms with E-state index in [0.717, 1.165) is 33.7 Å². The molecule has 3 nitrogen and oxygen atoms in total. The van der Waals surface area contributed by atoms with Crippen LogP contribution >= 0.6 is 11.3 Å². The van der Waals surface area contributed by atoms with Crippen LogP contribution in [0, 0.1) is 11.4 Å². The van der Waals surface area contributed by atoms with E-state index < -0.39 is 0 Å². The summed E-state index contributed by atoms with van der Waals surface area (Å²) in [6.45, 7) is 13.6. The monoisotopic (exact) mass is 798 g/mol. The second-order valence-electron chi connectivity index (χ2n) is 12.3. The molecule has 0 fully saturated rings. The fraction of sp³-hybridized carbons (Fsp3) is 0.220. The van der Waals surface area contributed by atoms with E-state index in [9.17, 15) is 0 Å². The first-order chi connectivity index (χ1) is 21.8. The van der Waals surface area contributed by atoms with Crippen LogP contribution < -0.4 is 0 Å². The van der Waals surface area contributed by atoms with Gasteiger partial charge in [0, 0.05) is 32.0 Å². The maximum Gasteiger partial charge on any atom is 0.0774 e. The smallest absolute Gasteiger partial charge is 0.0774 e. The third-order valence-corrected chi connectivity index (χ3v) is 9.07. The number of imidazole rings is 1. The van der Waals surface area contributed by atoms with E-state index in [2.05, 4.69) is 123 Å². The summed E-state index contributed by atoms with van der Waals surface area (Å²) >= 11 is 1.70. The molecular weight excluding hydrogens is 759 g/mol. The van der Waals surface area contributed by atoms with Crippen molar-refractivity contribution in [2.75, 3.05) is 0 Å². The first-order valence-electron chi connectivity index (χ1n) is 15.8. The summed E-state index contributed by atoms with van der Waals surface area (Å²) in [7, 11) is 0. The van der Waals surface area contributed by atoms with Gasteiger partial charge in [0.15, 0.2) is 0 Å². The van der Waals surface area contributed by atoms with Crippen molar-refractivity contribution in [2.24, 2.45) is 0 Å². The van der Waals surface area contributed by atoms with Crippen LogP contribution in [-0.2, 0) is 20.1 Å². The second kappa shape index (κ2) is 14.7. The molecule has 0 aliphatic rings. The van der Waals surface area contributed by atoms with Gasteiger partial charge in [-0.05, 0) is 52.8 Å². The summed E-state index contributed by atoms with van der Waals surface area (Å²) in [6.07, 6.45) is 1.79. The van der Waals surface area contributed by atoms with Crippen molar-refractivity contribution in [2.45, 2.75) is 59.3 Å². The molecular formula is C41H39IrN3S-2. The summed E-state index contributed by atoms with van der Waals surface area (Å²) in [5.74, 6) is 2.31. The number of nitrogens with zero attached hydrogens (tertiary/aromatic N) is 3. The van der Waals surface area contributed by atoms with Gasteiger partial charge in [-0.25, -0.2) is 0 Å². The second-order valence-corrected chi connectivity index (χ2v) is 13.2. The number of hydrogen-bond donors (Lipinski definition) is 0. The standard InChI is InChI=1S/C30H31N2S.C11H8N.Ir/c1-18(2)21-14-15-24-25(17-33-28(24)16-21)30-31-26-12-7-8-13-27(26)32(30)29-22(19(3)4)10-9-11-23(29)20(5)6;1-2-6-10(7-3-1)11-8-4-5-9-12-11;/h7-16,18-20H,1-6H3;1-6,8-9H;/q2*-1;. The minimum atomic E-state index is 0. The molecule has 46 heavy (non-hydrogen) atoms. The van der Waals surface area contributed by atoms with Gasteiger partial charge in [-0.3, -0.25) is 16.3 Å². The number of pyridine rings is 1. The molecule has 3 aromatic heterocycles. The van der Waals surface area contributed by atoms with E-state index in [1.165, 1.54) is 32.5 Å². The first kappa shape index (κ1) is 33.5. The maximum absolute atomic E-state index is 5.18. The van der Waals surface area contributed by atoms with Gasteiger partial charge in [-0.2, -0.15) is 0 Å². The van der Waals surface area contributed by atoms with Crippen LogP contribution in [0.4, 0.5) is 0 Å². The van der Waals surface area contributed by atoms with Crippen molar-refractivity contribution in [3.8, 4) is 28.3 Å². The van der Waals surface area contributed by atoms with Gasteiger partial charge < -0.3 is 9.55 Å². The van der Waals surface area contributed by atoms with Crippen molar-refractivity contribution in [1.82, 2.24) is 14.5 Å². The van der Waals surface area contributed by atoms with Crippen molar-refractivity contribution < 1.29 is 20.1 Å². The Kier molecular flexibility index (Phi) is 10.7. The molecule has 0 atom stereocenters. The zero-order chi connectivity index (χ0) is 31.5. The molecule has 0 saturated carbocycles. The summed E-state index contributed by atoms with van der Waals surface area (Å²) in [6, 6.07) is 38.9. The third-order valence-electron chi connectivity index (χ3n) is 8.21. The Hall–Kier alpha value is -3.89. The molecule has 4 aromatic carbocycles. The first-order valence-corrected chi connectivity index (χ1v) is 16.6. The summed E-state index contributed by atoms with van der Waals surface area (Å²) < 4.78 is 3.67. The Morgan fingerprint density at radius 1 is 0.717 bits per heavy atom. The number of para-hydroxylation sites is 3. The number of rotatable bonds is 6. The van der Waals surface area contributed by atoms with E-state index in [1.54, 1.807) is 17.5 Å². The van der Waals surface area contributed by atoms with E-state index in [4.69, 9.17) is 4.98 Å². The molecule has 5 heteroatoms. The Bertz CT molecular complexity index is 1980. The van der Waals surface area contributed by atoms with Crippen LogP contribution in [-0.4, -0.2) is 14.5 Å². The summed E-state index contributed by atoms with van der Waals surface area (Å²) in [4.78, 5) is 9.40. The van der Waals surface area contributed by atoms with Crippen LogP contribution in [0.1, 0.15) is 76.0 Å². The Labute approximate surface area is 290 Å². The number of thiophene rings is 1. The fourth-order valence-electron chi connectivity index (χ4n) is 5.78. The summed E-state index contributed by atoms with van der Waals surface area (Å²) in [5.41, 5.74) is 10.6. The number of hydrogen-bond acceptors (Lipinski definition) is 3. The van der Waals surface area contributed by atoms with Crippen LogP contribution in [0.25, 0.3) is 49.5 Å². The largest absolute Gasteiger partial charge is 0.333 e. The van der Waals surface area contributed by atoms with E-state index in [0.29, 0.717) is 17.8 Å². The van der Waals surface area contributed by atoms with Crippen LogP contribution in [0.5, 0.6) is 0 Å². The van der Waals surface area contributed by atoms with E-state index in [-0.39, 0.29) is 20.1 Å². The molecule has 7 rings (SSSR count). The van der Waals surface area contributed by atoms with Gasteiger partial charge in [0.25, 0.3) is 0 Å². The number of fused-ring (bicyclic) bond motifs is 2. The van der Waals surface area contributed by atoms with E-state index in [1.807, 2.05) is 42.5 Å². The third kappa shape index (κ3) is 6.78. The molecule has 3 heterocycles. The Balaban J connectivity index is 0.000000269. The van der Waals surface area contributed by atoms with Gasteiger partial charge in [0.1, 0.15) is 0 Å². The van der Waals surface area contributed by atoms with Crippen LogP contribution in [0.15, 0.2) is 109 Å². The average molecular weight is 798 g/mol. The molecule has 0 amide bonds. The Morgan fingerprint density at radius 2 is 1.43 bits per heavy atom.